The minimum Gasteiger partial charge on any atom is -0.267 e. The van der Waals surface area contributed by atoms with Crippen molar-refractivity contribution in [2.24, 2.45) is 0 Å². The molecule has 0 unspecified atom stereocenters. The normalized spacial score (nSPS) is 11.3. The predicted octanol–water partition coefficient (Wildman–Crippen LogP) is 2.77. The monoisotopic (exact) mass is 279 g/mol. The number of rotatable bonds is 5. The Hall–Kier alpha value is -1.21. The van der Waals surface area contributed by atoms with Gasteiger partial charge in [-0.05, 0) is 24.0 Å². The van der Waals surface area contributed by atoms with Crippen molar-refractivity contribution < 1.29 is 22.8 Å². The van der Waals surface area contributed by atoms with E-state index in [9.17, 15) is 18.0 Å². The molecule has 1 aromatic carbocycles. The van der Waals surface area contributed by atoms with Gasteiger partial charge in [0.05, 0.1) is 0 Å². The summed E-state index contributed by atoms with van der Waals surface area (Å²) in [6, 6.07) is 6.63. The molecule has 0 heterocycles. The second kappa shape index (κ2) is 6.65. The average Bonchev–Trinajstić information content (AvgIpc) is 2.28. The maximum Gasteiger partial charge on any atom is 0.414 e. The lowest BCUT2D eigenvalue weighted by atomic mass is 10.1. The van der Waals surface area contributed by atoms with Crippen molar-refractivity contribution in [2.45, 2.75) is 11.9 Å². The lowest BCUT2D eigenvalue weighted by molar-refractivity contribution is -0.184. The first kappa shape index (κ1) is 14.8. The van der Waals surface area contributed by atoms with Crippen LogP contribution in [-0.4, -0.2) is 24.9 Å². The van der Waals surface area contributed by atoms with Crippen molar-refractivity contribution in [2.75, 3.05) is 12.9 Å². The second-order valence-electron chi connectivity index (χ2n) is 3.47. The van der Waals surface area contributed by atoms with E-state index in [0.717, 1.165) is 11.3 Å². The maximum atomic E-state index is 11.8. The number of hydrogen-bond donors (Lipinski definition) is 1. The van der Waals surface area contributed by atoms with Gasteiger partial charge < -0.3 is 0 Å². The quantitative estimate of drug-likeness (QED) is 0.842. The van der Waals surface area contributed by atoms with E-state index in [-0.39, 0.29) is 5.56 Å². The van der Waals surface area contributed by atoms with E-state index in [1.165, 1.54) is 6.07 Å². The van der Waals surface area contributed by atoms with Gasteiger partial charge in [-0.25, -0.2) is 5.48 Å². The molecule has 1 aromatic rings. The minimum absolute atomic E-state index is 0.267. The van der Waals surface area contributed by atoms with E-state index in [0.29, 0.717) is 0 Å². The SMILES string of the molecule is CSCc1cccc(C(=O)NOCC(F)(F)F)c1. The lowest BCUT2D eigenvalue weighted by Gasteiger charge is -2.08. The summed E-state index contributed by atoms with van der Waals surface area (Å²) >= 11 is 1.58. The van der Waals surface area contributed by atoms with Crippen LogP contribution in [0, 0.1) is 0 Å². The number of hydrogen-bond acceptors (Lipinski definition) is 3. The van der Waals surface area contributed by atoms with Crippen LogP contribution >= 0.6 is 11.8 Å². The van der Waals surface area contributed by atoms with Gasteiger partial charge in [0, 0.05) is 11.3 Å². The van der Waals surface area contributed by atoms with Gasteiger partial charge in [-0.1, -0.05) is 12.1 Å². The number of alkyl halides is 3. The molecule has 1 amide bonds. The first-order chi connectivity index (χ1) is 8.42. The summed E-state index contributed by atoms with van der Waals surface area (Å²) in [5.74, 6) is 0.0343. The van der Waals surface area contributed by atoms with E-state index in [4.69, 9.17) is 0 Å². The molecule has 0 bridgehead atoms. The zero-order valence-electron chi connectivity index (χ0n) is 9.58. The molecule has 1 N–H and O–H groups in total. The van der Waals surface area contributed by atoms with Gasteiger partial charge in [0.15, 0.2) is 6.61 Å². The summed E-state index contributed by atoms with van der Waals surface area (Å²) in [7, 11) is 0. The Labute approximate surface area is 107 Å². The van der Waals surface area contributed by atoms with Gasteiger partial charge in [-0.15, -0.1) is 0 Å². The van der Waals surface area contributed by atoms with Gasteiger partial charge in [0.25, 0.3) is 5.91 Å². The third kappa shape index (κ3) is 5.42. The summed E-state index contributed by atoms with van der Waals surface area (Å²) in [5.41, 5.74) is 2.95. The molecular weight excluding hydrogens is 267 g/mol. The van der Waals surface area contributed by atoms with Crippen LogP contribution in [0.2, 0.25) is 0 Å². The van der Waals surface area contributed by atoms with Crippen molar-refractivity contribution in [3.05, 3.63) is 35.4 Å². The number of hydroxylamine groups is 1. The zero-order valence-corrected chi connectivity index (χ0v) is 10.4. The smallest absolute Gasteiger partial charge is 0.267 e. The first-order valence-electron chi connectivity index (χ1n) is 4.99. The number of thioether (sulfide) groups is 1. The molecule has 0 aliphatic rings. The maximum absolute atomic E-state index is 11.8. The van der Waals surface area contributed by atoms with Gasteiger partial charge in [-0.3, -0.25) is 9.63 Å². The van der Waals surface area contributed by atoms with Crippen LogP contribution in [0.15, 0.2) is 24.3 Å². The Bertz CT molecular complexity index is 410. The van der Waals surface area contributed by atoms with Crippen LogP contribution in [0.5, 0.6) is 0 Å². The molecule has 0 spiro atoms. The van der Waals surface area contributed by atoms with Gasteiger partial charge in [0.1, 0.15) is 0 Å². The highest BCUT2D eigenvalue weighted by Gasteiger charge is 2.28. The Morgan fingerprint density at radius 3 is 2.78 bits per heavy atom. The first-order valence-corrected chi connectivity index (χ1v) is 6.38. The van der Waals surface area contributed by atoms with Crippen molar-refractivity contribution in [1.29, 1.82) is 0 Å². The van der Waals surface area contributed by atoms with E-state index in [1.54, 1.807) is 29.4 Å². The van der Waals surface area contributed by atoms with Crippen molar-refractivity contribution >= 4 is 17.7 Å². The standard InChI is InChI=1S/C11H12F3NO2S/c1-18-6-8-3-2-4-9(5-8)10(16)15-17-7-11(12,13)14/h2-5H,6-7H2,1H3,(H,15,16). The highest BCUT2D eigenvalue weighted by atomic mass is 32.2. The van der Waals surface area contributed by atoms with Gasteiger partial charge in [0.2, 0.25) is 0 Å². The number of benzene rings is 1. The van der Waals surface area contributed by atoms with Crippen LogP contribution in [0.4, 0.5) is 13.2 Å². The molecule has 18 heavy (non-hydrogen) atoms. The minimum atomic E-state index is -4.46. The molecule has 7 heteroatoms. The molecule has 0 aliphatic heterocycles. The number of carbonyl (C=O) groups is 1. The lowest BCUT2D eigenvalue weighted by Crippen LogP contribution is -2.29. The highest BCUT2D eigenvalue weighted by molar-refractivity contribution is 7.97. The second-order valence-corrected chi connectivity index (χ2v) is 4.33. The van der Waals surface area contributed by atoms with Crippen LogP contribution < -0.4 is 5.48 Å². The predicted molar refractivity (Wildman–Crippen MR) is 63.1 cm³/mol. The molecule has 0 fully saturated rings. The summed E-state index contributed by atoms with van der Waals surface area (Å²) in [5, 5.41) is 0. The van der Waals surface area contributed by atoms with E-state index in [2.05, 4.69) is 4.84 Å². The van der Waals surface area contributed by atoms with Crippen molar-refractivity contribution in [1.82, 2.24) is 5.48 Å². The largest absolute Gasteiger partial charge is 0.414 e. The summed E-state index contributed by atoms with van der Waals surface area (Å²) in [6.07, 6.45) is -2.55. The average molecular weight is 279 g/mol. The Morgan fingerprint density at radius 1 is 1.44 bits per heavy atom. The van der Waals surface area contributed by atoms with Crippen LogP contribution in [0.3, 0.4) is 0 Å². The third-order valence-electron chi connectivity index (χ3n) is 1.90. The number of carbonyl (C=O) groups excluding carboxylic acids is 1. The Balaban J connectivity index is 2.53. The summed E-state index contributed by atoms with van der Waals surface area (Å²) in [4.78, 5) is 15.6. The van der Waals surface area contributed by atoms with Crippen molar-refractivity contribution in [3.63, 3.8) is 0 Å². The molecule has 0 aliphatic carbocycles. The van der Waals surface area contributed by atoms with E-state index >= 15 is 0 Å². The fraction of sp³-hybridized carbons (Fsp3) is 0.364. The molecule has 0 aromatic heterocycles. The molecule has 0 saturated carbocycles. The molecule has 3 nitrogen and oxygen atoms in total. The number of amides is 1. The van der Waals surface area contributed by atoms with E-state index in [1.807, 2.05) is 12.3 Å². The van der Waals surface area contributed by atoms with Gasteiger partial charge in [-0.2, -0.15) is 24.9 Å². The Kier molecular flexibility index (Phi) is 5.49. The van der Waals surface area contributed by atoms with Gasteiger partial charge >= 0.3 is 6.18 Å². The summed E-state index contributed by atoms with van der Waals surface area (Å²) in [6.45, 7) is -1.51. The topological polar surface area (TPSA) is 38.3 Å². The molecule has 1 rings (SSSR count). The molecular formula is C11H12F3NO2S. The van der Waals surface area contributed by atoms with Crippen molar-refractivity contribution in [3.8, 4) is 0 Å². The molecule has 0 radical (unpaired) electrons. The van der Waals surface area contributed by atoms with Crippen LogP contribution in [0.25, 0.3) is 0 Å². The molecule has 100 valence electrons. The number of halogens is 3. The third-order valence-corrected chi connectivity index (χ3v) is 2.52. The Morgan fingerprint density at radius 2 is 2.17 bits per heavy atom. The van der Waals surface area contributed by atoms with Crippen LogP contribution in [-0.2, 0) is 10.6 Å². The van der Waals surface area contributed by atoms with E-state index < -0.39 is 18.7 Å². The zero-order chi connectivity index (χ0) is 13.6. The van der Waals surface area contributed by atoms with Crippen LogP contribution in [0.1, 0.15) is 15.9 Å². The molecule has 0 atom stereocenters. The fourth-order valence-electron chi connectivity index (χ4n) is 1.21. The highest BCUT2D eigenvalue weighted by Crippen LogP contribution is 2.14. The summed E-state index contributed by atoms with van der Waals surface area (Å²) < 4.78 is 35.4. The molecule has 0 saturated heterocycles. The number of nitrogens with one attached hydrogen (secondary N) is 1. The fourth-order valence-corrected chi connectivity index (χ4v) is 1.72.